The topological polar surface area (TPSA) is 81.9 Å². The molecule has 28 heavy (non-hydrogen) atoms. The number of benzene rings is 1. The van der Waals surface area contributed by atoms with Gasteiger partial charge in [0, 0.05) is 30.9 Å². The van der Waals surface area contributed by atoms with E-state index in [0.29, 0.717) is 19.7 Å². The van der Waals surface area contributed by atoms with Crippen LogP contribution in [0.4, 0.5) is 0 Å². The summed E-state index contributed by atoms with van der Waals surface area (Å²) in [6.45, 7) is 8.89. The fraction of sp³-hybridized carbons (Fsp3) is 0.474. The molecule has 1 aromatic heterocycles. The van der Waals surface area contributed by atoms with Crippen LogP contribution in [0.15, 0.2) is 23.2 Å². The highest BCUT2D eigenvalue weighted by Gasteiger charge is 2.13. The molecule has 3 rings (SSSR count). The normalized spacial score (nSPS) is 12.5. The van der Waals surface area contributed by atoms with Gasteiger partial charge < -0.3 is 24.8 Å². The third kappa shape index (κ3) is 5.43. The van der Waals surface area contributed by atoms with E-state index >= 15 is 0 Å². The summed E-state index contributed by atoms with van der Waals surface area (Å²) in [6, 6.07) is 5.57. The molecular formula is C19H28IN5O3. The van der Waals surface area contributed by atoms with Crippen molar-refractivity contribution in [1.29, 1.82) is 0 Å². The number of hydrogen-bond donors (Lipinski definition) is 2. The van der Waals surface area contributed by atoms with Gasteiger partial charge in [0.1, 0.15) is 12.4 Å². The van der Waals surface area contributed by atoms with Crippen LogP contribution in [0, 0.1) is 13.8 Å². The second kappa shape index (κ2) is 10.4. The van der Waals surface area contributed by atoms with E-state index in [9.17, 15) is 0 Å². The van der Waals surface area contributed by atoms with E-state index in [1.54, 1.807) is 0 Å². The molecule has 0 saturated heterocycles. The van der Waals surface area contributed by atoms with Crippen molar-refractivity contribution in [2.75, 3.05) is 26.5 Å². The summed E-state index contributed by atoms with van der Waals surface area (Å²) in [5.74, 6) is 2.99. The number of aromatic nitrogens is 2. The lowest BCUT2D eigenvalue weighted by Crippen LogP contribution is -2.39. The van der Waals surface area contributed by atoms with Crippen LogP contribution in [-0.4, -0.2) is 42.2 Å². The Morgan fingerprint density at radius 3 is 2.75 bits per heavy atom. The molecule has 0 amide bonds. The van der Waals surface area contributed by atoms with Gasteiger partial charge in [0.05, 0.1) is 18.8 Å². The first-order valence-electron chi connectivity index (χ1n) is 9.12. The Labute approximate surface area is 182 Å². The summed E-state index contributed by atoms with van der Waals surface area (Å²) in [7, 11) is 1.95. The van der Waals surface area contributed by atoms with Crippen molar-refractivity contribution in [3.8, 4) is 17.2 Å². The molecular weight excluding hydrogens is 473 g/mol. The Bertz CT molecular complexity index is 822. The van der Waals surface area contributed by atoms with Crippen LogP contribution < -0.4 is 24.8 Å². The minimum absolute atomic E-state index is 0. The molecule has 154 valence electrons. The molecule has 1 aliphatic rings. The fourth-order valence-corrected chi connectivity index (χ4v) is 2.85. The van der Waals surface area contributed by atoms with Gasteiger partial charge >= 0.3 is 0 Å². The van der Waals surface area contributed by atoms with Crippen molar-refractivity contribution < 1.29 is 14.2 Å². The molecule has 0 atom stereocenters. The first-order chi connectivity index (χ1) is 13.1. The molecule has 1 aliphatic heterocycles. The van der Waals surface area contributed by atoms with E-state index in [-0.39, 0.29) is 30.8 Å². The highest BCUT2D eigenvalue weighted by Crippen LogP contribution is 2.34. The molecule has 0 radical (unpaired) electrons. The molecule has 2 aromatic rings. The number of halogens is 1. The lowest BCUT2D eigenvalue weighted by molar-refractivity contribution is 0.173. The van der Waals surface area contributed by atoms with Crippen LogP contribution in [0.2, 0.25) is 0 Å². The predicted molar refractivity (Wildman–Crippen MR) is 119 cm³/mol. The zero-order valence-corrected chi connectivity index (χ0v) is 19.1. The summed E-state index contributed by atoms with van der Waals surface area (Å²) in [5.41, 5.74) is 3.31. The van der Waals surface area contributed by atoms with Crippen molar-refractivity contribution in [3.05, 3.63) is 35.2 Å². The molecule has 0 spiro atoms. The van der Waals surface area contributed by atoms with E-state index in [0.717, 1.165) is 46.7 Å². The third-order valence-corrected chi connectivity index (χ3v) is 4.41. The average molecular weight is 501 g/mol. The SMILES string of the molecule is CCNC(=NCc1c(C)nn(C)c1C)NCCOc1ccc2c(c1)OCO2.I. The van der Waals surface area contributed by atoms with Crippen LogP contribution in [0.25, 0.3) is 0 Å². The zero-order chi connectivity index (χ0) is 19.2. The van der Waals surface area contributed by atoms with Gasteiger partial charge in [-0.1, -0.05) is 0 Å². The van der Waals surface area contributed by atoms with Crippen LogP contribution in [0.1, 0.15) is 23.9 Å². The number of ether oxygens (including phenoxy) is 3. The number of fused-ring (bicyclic) bond motifs is 1. The first-order valence-corrected chi connectivity index (χ1v) is 9.12. The molecule has 2 heterocycles. The Morgan fingerprint density at radius 1 is 1.25 bits per heavy atom. The summed E-state index contributed by atoms with van der Waals surface area (Å²) >= 11 is 0. The summed E-state index contributed by atoms with van der Waals surface area (Å²) in [6.07, 6.45) is 0. The number of nitrogens with zero attached hydrogens (tertiary/aromatic N) is 3. The molecule has 1 aromatic carbocycles. The van der Waals surface area contributed by atoms with Gasteiger partial charge in [-0.05, 0) is 32.9 Å². The third-order valence-electron chi connectivity index (χ3n) is 4.41. The Balaban J connectivity index is 0.00000280. The summed E-state index contributed by atoms with van der Waals surface area (Å²) in [5, 5.41) is 11.0. The monoisotopic (exact) mass is 501 g/mol. The molecule has 0 fully saturated rings. The van der Waals surface area contributed by atoms with E-state index in [1.807, 2.05) is 43.8 Å². The maximum absolute atomic E-state index is 5.77. The Hall–Kier alpha value is -2.17. The lowest BCUT2D eigenvalue weighted by Gasteiger charge is -2.12. The van der Waals surface area contributed by atoms with Gasteiger partial charge in [0.15, 0.2) is 17.5 Å². The number of rotatable bonds is 7. The van der Waals surface area contributed by atoms with Gasteiger partial charge in [0.25, 0.3) is 0 Å². The van der Waals surface area contributed by atoms with Crippen molar-refractivity contribution >= 4 is 29.9 Å². The quantitative estimate of drug-likeness (QED) is 0.263. The number of nitrogens with one attached hydrogen (secondary N) is 2. The number of hydrogen-bond acceptors (Lipinski definition) is 5. The summed E-state index contributed by atoms with van der Waals surface area (Å²) < 4.78 is 18.3. The maximum Gasteiger partial charge on any atom is 0.231 e. The second-order valence-corrected chi connectivity index (χ2v) is 6.26. The van der Waals surface area contributed by atoms with Crippen molar-refractivity contribution in [2.24, 2.45) is 12.0 Å². The molecule has 2 N–H and O–H groups in total. The second-order valence-electron chi connectivity index (χ2n) is 6.26. The van der Waals surface area contributed by atoms with Crippen molar-refractivity contribution in [3.63, 3.8) is 0 Å². The fourth-order valence-electron chi connectivity index (χ4n) is 2.85. The highest BCUT2D eigenvalue weighted by molar-refractivity contribution is 14.0. The van der Waals surface area contributed by atoms with Gasteiger partial charge in [0.2, 0.25) is 6.79 Å². The Morgan fingerprint density at radius 2 is 2.04 bits per heavy atom. The van der Waals surface area contributed by atoms with Gasteiger partial charge in [-0.2, -0.15) is 5.10 Å². The smallest absolute Gasteiger partial charge is 0.231 e. The minimum atomic E-state index is 0. The van der Waals surface area contributed by atoms with Crippen LogP contribution >= 0.6 is 24.0 Å². The predicted octanol–water partition coefficient (Wildman–Crippen LogP) is 2.52. The van der Waals surface area contributed by atoms with Crippen molar-refractivity contribution in [2.45, 2.75) is 27.3 Å². The van der Waals surface area contributed by atoms with E-state index < -0.39 is 0 Å². The molecule has 0 unspecified atom stereocenters. The van der Waals surface area contributed by atoms with Gasteiger partial charge in [-0.25, -0.2) is 4.99 Å². The number of aryl methyl sites for hydroxylation is 2. The Kier molecular flexibility index (Phi) is 8.21. The summed E-state index contributed by atoms with van der Waals surface area (Å²) in [4.78, 5) is 4.66. The van der Waals surface area contributed by atoms with Crippen LogP contribution in [0.3, 0.4) is 0 Å². The van der Waals surface area contributed by atoms with E-state index in [1.165, 1.54) is 0 Å². The average Bonchev–Trinajstić information content (AvgIpc) is 3.21. The number of guanidine groups is 1. The maximum atomic E-state index is 5.77. The van der Waals surface area contributed by atoms with E-state index in [4.69, 9.17) is 14.2 Å². The molecule has 0 saturated carbocycles. The van der Waals surface area contributed by atoms with Gasteiger partial charge in [-0.3, -0.25) is 4.68 Å². The lowest BCUT2D eigenvalue weighted by atomic mass is 10.2. The van der Waals surface area contributed by atoms with E-state index in [2.05, 4.69) is 27.6 Å². The standard InChI is InChI=1S/C19H27N5O3.HI/c1-5-20-19(22-11-16-13(2)23-24(4)14(16)3)21-8-9-25-15-6-7-17-18(10-15)27-12-26-17;/h6-7,10H,5,8-9,11-12H2,1-4H3,(H2,20,21,22);1H. The highest BCUT2D eigenvalue weighted by atomic mass is 127. The largest absolute Gasteiger partial charge is 0.492 e. The van der Waals surface area contributed by atoms with Gasteiger partial charge in [-0.15, -0.1) is 24.0 Å². The van der Waals surface area contributed by atoms with Crippen LogP contribution in [-0.2, 0) is 13.6 Å². The number of aliphatic imine (C=N–C) groups is 1. The molecule has 8 nitrogen and oxygen atoms in total. The molecule has 0 aliphatic carbocycles. The zero-order valence-electron chi connectivity index (χ0n) is 16.7. The molecule has 9 heteroatoms. The minimum Gasteiger partial charge on any atom is -0.492 e. The molecule has 0 bridgehead atoms. The van der Waals surface area contributed by atoms with Crippen LogP contribution in [0.5, 0.6) is 17.2 Å². The van der Waals surface area contributed by atoms with Crippen molar-refractivity contribution in [1.82, 2.24) is 20.4 Å². The first kappa shape index (κ1) is 22.1.